The Morgan fingerprint density at radius 3 is 3.00 bits per heavy atom. The molecule has 4 heteroatoms. The van der Waals surface area contributed by atoms with Crippen molar-refractivity contribution in [3.8, 4) is 5.75 Å². The summed E-state index contributed by atoms with van der Waals surface area (Å²) in [6, 6.07) is 8.45. The predicted molar refractivity (Wildman–Crippen MR) is 98.7 cm³/mol. The SMILES string of the molecule is C=C[C@H]1CN2CC[C@@H]1C[C@H]2[C@@H](Cl)c1ccnc2ccc(OC)cc12. The van der Waals surface area contributed by atoms with Crippen LogP contribution in [0.1, 0.15) is 23.8 Å². The molecular formula is C20H23ClN2O. The van der Waals surface area contributed by atoms with Crippen LogP contribution in [0.5, 0.6) is 5.75 Å². The van der Waals surface area contributed by atoms with Crippen molar-refractivity contribution < 1.29 is 4.74 Å². The van der Waals surface area contributed by atoms with Gasteiger partial charge in [-0.05, 0) is 61.1 Å². The molecule has 3 nitrogen and oxygen atoms in total. The highest BCUT2D eigenvalue weighted by molar-refractivity contribution is 6.22. The van der Waals surface area contributed by atoms with E-state index in [1.165, 1.54) is 6.42 Å². The fourth-order valence-electron chi connectivity index (χ4n) is 4.40. The van der Waals surface area contributed by atoms with Crippen LogP contribution in [0.25, 0.3) is 10.9 Å². The van der Waals surface area contributed by atoms with E-state index in [0.717, 1.165) is 47.6 Å². The fraction of sp³-hybridized carbons (Fsp3) is 0.450. The number of piperidine rings is 3. The molecule has 4 heterocycles. The predicted octanol–water partition coefficient (Wildman–Crippen LogP) is 4.42. The van der Waals surface area contributed by atoms with E-state index in [1.807, 2.05) is 18.3 Å². The molecule has 1 aromatic carbocycles. The van der Waals surface area contributed by atoms with Gasteiger partial charge in [0.25, 0.3) is 0 Å². The number of benzene rings is 1. The molecule has 3 saturated heterocycles. The molecule has 2 aromatic rings. The molecule has 5 atom stereocenters. The zero-order valence-corrected chi connectivity index (χ0v) is 14.7. The van der Waals surface area contributed by atoms with Gasteiger partial charge in [-0.15, -0.1) is 18.2 Å². The zero-order chi connectivity index (χ0) is 16.7. The van der Waals surface area contributed by atoms with Gasteiger partial charge in [-0.3, -0.25) is 9.88 Å². The Balaban J connectivity index is 1.69. The maximum absolute atomic E-state index is 7.01. The van der Waals surface area contributed by atoms with Gasteiger partial charge in [-0.2, -0.15) is 0 Å². The lowest BCUT2D eigenvalue weighted by Gasteiger charge is -2.50. The molecule has 3 aliphatic rings. The number of fused-ring (bicyclic) bond motifs is 4. The molecule has 3 aliphatic heterocycles. The lowest BCUT2D eigenvalue weighted by atomic mass is 9.74. The van der Waals surface area contributed by atoms with Crippen LogP contribution >= 0.6 is 11.6 Å². The molecule has 0 N–H and O–H groups in total. The van der Waals surface area contributed by atoms with Gasteiger partial charge in [0, 0.05) is 24.2 Å². The molecule has 5 rings (SSSR count). The van der Waals surface area contributed by atoms with Gasteiger partial charge in [0.15, 0.2) is 0 Å². The third-order valence-corrected chi connectivity index (χ3v) is 6.30. The number of alkyl halides is 1. The van der Waals surface area contributed by atoms with Crippen LogP contribution in [0, 0.1) is 11.8 Å². The van der Waals surface area contributed by atoms with Gasteiger partial charge < -0.3 is 4.74 Å². The number of rotatable bonds is 4. The minimum atomic E-state index is -0.0313. The van der Waals surface area contributed by atoms with E-state index in [-0.39, 0.29) is 5.38 Å². The van der Waals surface area contributed by atoms with Gasteiger partial charge in [0.1, 0.15) is 5.75 Å². The lowest BCUT2D eigenvalue weighted by molar-refractivity contribution is 0.0173. The second-order valence-corrected chi connectivity index (χ2v) is 7.40. The van der Waals surface area contributed by atoms with Crippen molar-refractivity contribution in [2.45, 2.75) is 24.3 Å². The third-order valence-electron chi connectivity index (χ3n) is 5.77. The van der Waals surface area contributed by atoms with Crippen molar-refractivity contribution in [3.05, 3.63) is 48.7 Å². The highest BCUT2D eigenvalue weighted by atomic mass is 35.5. The van der Waals surface area contributed by atoms with Crippen molar-refractivity contribution in [2.75, 3.05) is 20.2 Å². The normalized spacial score (nSPS) is 30.2. The summed E-state index contributed by atoms with van der Waals surface area (Å²) in [5, 5.41) is 1.07. The zero-order valence-electron chi connectivity index (χ0n) is 14.0. The first-order valence-electron chi connectivity index (χ1n) is 8.64. The van der Waals surface area contributed by atoms with Gasteiger partial charge >= 0.3 is 0 Å². The van der Waals surface area contributed by atoms with Crippen LogP contribution in [0.4, 0.5) is 0 Å². The molecule has 0 radical (unpaired) electrons. The number of hydrogen-bond acceptors (Lipinski definition) is 3. The first-order valence-corrected chi connectivity index (χ1v) is 9.08. The van der Waals surface area contributed by atoms with Gasteiger partial charge in [-0.25, -0.2) is 0 Å². The van der Waals surface area contributed by atoms with E-state index in [2.05, 4.69) is 34.7 Å². The van der Waals surface area contributed by atoms with Crippen molar-refractivity contribution >= 4 is 22.5 Å². The number of ether oxygens (including phenoxy) is 1. The summed E-state index contributed by atoms with van der Waals surface area (Å²) < 4.78 is 5.39. The Labute approximate surface area is 148 Å². The first-order chi connectivity index (χ1) is 11.7. The lowest BCUT2D eigenvalue weighted by Crippen LogP contribution is -2.54. The van der Waals surface area contributed by atoms with Crippen LogP contribution in [0.2, 0.25) is 0 Å². The van der Waals surface area contributed by atoms with Crippen molar-refractivity contribution in [3.63, 3.8) is 0 Å². The molecule has 3 fully saturated rings. The Kier molecular flexibility index (Phi) is 4.23. The molecule has 24 heavy (non-hydrogen) atoms. The Bertz CT molecular complexity index is 762. The summed E-state index contributed by atoms with van der Waals surface area (Å²) in [4.78, 5) is 7.03. The van der Waals surface area contributed by atoms with E-state index < -0.39 is 0 Å². The van der Waals surface area contributed by atoms with Crippen LogP contribution < -0.4 is 4.74 Å². The minimum absolute atomic E-state index is 0.0313. The number of aromatic nitrogens is 1. The van der Waals surface area contributed by atoms with Gasteiger partial charge in [0.2, 0.25) is 0 Å². The van der Waals surface area contributed by atoms with Crippen LogP contribution in [-0.4, -0.2) is 36.1 Å². The first kappa shape index (κ1) is 15.9. The summed E-state index contributed by atoms with van der Waals surface area (Å²) in [7, 11) is 1.69. The fourth-order valence-corrected chi connectivity index (χ4v) is 4.86. The second kappa shape index (κ2) is 6.38. The maximum Gasteiger partial charge on any atom is 0.119 e. The molecule has 0 spiro atoms. The van der Waals surface area contributed by atoms with Crippen LogP contribution in [0.3, 0.4) is 0 Å². The van der Waals surface area contributed by atoms with E-state index in [0.29, 0.717) is 12.0 Å². The number of nitrogens with zero attached hydrogens (tertiary/aromatic N) is 2. The molecule has 0 amide bonds. The largest absolute Gasteiger partial charge is 0.497 e. The number of pyridine rings is 1. The average molecular weight is 343 g/mol. The Hall–Kier alpha value is -1.58. The molecule has 0 aliphatic carbocycles. The number of halogens is 1. The average Bonchev–Trinajstić information content (AvgIpc) is 2.66. The molecule has 126 valence electrons. The minimum Gasteiger partial charge on any atom is -0.497 e. The second-order valence-electron chi connectivity index (χ2n) is 6.93. The topological polar surface area (TPSA) is 25.4 Å². The summed E-state index contributed by atoms with van der Waals surface area (Å²) in [6.45, 7) is 6.25. The molecule has 1 aromatic heterocycles. The maximum atomic E-state index is 7.01. The van der Waals surface area contributed by atoms with Crippen molar-refractivity contribution in [1.82, 2.24) is 9.88 Å². The third kappa shape index (κ3) is 2.60. The quantitative estimate of drug-likeness (QED) is 0.607. The smallest absolute Gasteiger partial charge is 0.119 e. The molecule has 0 saturated carbocycles. The molecular weight excluding hydrogens is 320 g/mol. The van der Waals surface area contributed by atoms with Crippen LogP contribution in [0.15, 0.2) is 43.1 Å². The number of hydrogen-bond donors (Lipinski definition) is 0. The molecule has 2 bridgehead atoms. The van der Waals surface area contributed by atoms with Crippen molar-refractivity contribution in [1.29, 1.82) is 0 Å². The van der Waals surface area contributed by atoms with Gasteiger partial charge in [-0.1, -0.05) is 6.08 Å². The number of methoxy groups -OCH3 is 1. The van der Waals surface area contributed by atoms with E-state index in [4.69, 9.17) is 16.3 Å². The van der Waals surface area contributed by atoms with E-state index in [9.17, 15) is 0 Å². The van der Waals surface area contributed by atoms with Crippen molar-refractivity contribution in [2.24, 2.45) is 11.8 Å². The van der Waals surface area contributed by atoms with Gasteiger partial charge in [0.05, 0.1) is 18.0 Å². The Morgan fingerprint density at radius 1 is 1.42 bits per heavy atom. The highest BCUT2D eigenvalue weighted by Crippen LogP contribution is 2.44. The summed E-state index contributed by atoms with van der Waals surface area (Å²) in [5.41, 5.74) is 2.13. The summed E-state index contributed by atoms with van der Waals surface area (Å²) >= 11 is 7.01. The summed E-state index contributed by atoms with van der Waals surface area (Å²) in [6.07, 6.45) is 6.41. The summed E-state index contributed by atoms with van der Waals surface area (Å²) in [5.74, 6) is 2.19. The van der Waals surface area contributed by atoms with Crippen LogP contribution in [-0.2, 0) is 0 Å². The van der Waals surface area contributed by atoms with E-state index in [1.54, 1.807) is 7.11 Å². The highest BCUT2D eigenvalue weighted by Gasteiger charge is 2.42. The monoisotopic (exact) mass is 342 g/mol. The molecule has 1 unspecified atom stereocenters. The standard InChI is InChI=1S/C20H23ClN2O/c1-3-13-12-23-9-7-14(13)10-19(23)20(21)16-6-8-22-18-5-4-15(24-2)11-17(16)18/h3-6,8,11,13-14,19-20H,1,7,9-10,12H2,2H3/t13-,14+,19-,20-/m0/s1. The Morgan fingerprint density at radius 2 is 2.29 bits per heavy atom. The van der Waals surface area contributed by atoms with E-state index >= 15 is 0 Å².